The number of ether oxygens (including phenoxy) is 2. The largest absolute Gasteiger partial charge is 0.466 e. The molecule has 0 unspecified atom stereocenters. The molecule has 1 aromatic heterocycles. The van der Waals surface area contributed by atoms with Crippen molar-refractivity contribution in [2.24, 2.45) is 0 Å². The molecule has 0 radical (unpaired) electrons. The van der Waals surface area contributed by atoms with Gasteiger partial charge in [0.15, 0.2) is 11.5 Å². The Bertz CT molecular complexity index is 909. The van der Waals surface area contributed by atoms with E-state index in [1.54, 1.807) is 28.0 Å². The minimum atomic E-state index is -0.0630. The number of nitrogens with zero attached hydrogens (tertiary/aromatic N) is 2. The Morgan fingerprint density at radius 3 is 2.11 bits per heavy atom. The Morgan fingerprint density at radius 2 is 1.48 bits per heavy atom. The fourth-order valence-electron chi connectivity index (χ4n) is 3.59. The van der Waals surface area contributed by atoms with Crippen molar-refractivity contribution in [1.29, 1.82) is 0 Å². The number of rotatable bonds is 2. The van der Waals surface area contributed by atoms with Crippen molar-refractivity contribution in [3.8, 4) is 11.5 Å². The van der Waals surface area contributed by atoms with Gasteiger partial charge in [-0.3, -0.25) is 9.59 Å². The summed E-state index contributed by atoms with van der Waals surface area (Å²) in [5.74, 6) is 2.57. The van der Waals surface area contributed by atoms with Crippen LogP contribution < -0.4 is 9.47 Å². The van der Waals surface area contributed by atoms with Crippen LogP contribution in [0.2, 0.25) is 0 Å². The Balaban J connectivity index is 1.43. The number of piperazine rings is 1. The van der Waals surface area contributed by atoms with Crippen LogP contribution >= 0.6 is 0 Å². The molecule has 0 N–H and O–H groups in total. The van der Waals surface area contributed by atoms with Gasteiger partial charge in [-0.25, -0.2) is 0 Å². The predicted octanol–water partition coefficient (Wildman–Crippen LogP) is 2.53. The molecule has 142 valence electrons. The van der Waals surface area contributed by atoms with Gasteiger partial charge in [-0.1, -0.05) is 0 Å². The predicted molar refractivity (Wildman–Crippen MR) is 97.3 cm³/mol. The van der Waals surface area contributed by atoms with Crippen molar-refractivity contribution < 1.29 is 23.5 Å². The summed E-state index contributed by atoms with van der Waals surface area (Å²) in [4.78, 5) is 29.2. The number of benzene rings is 1. The number of aryl methyl sites for hydroxylation is 2. The third-order valence-corrected chi connectivity index (χ3v) is 5.25. The Hall–Kier alpha value is -2.96. The maximum atomic E-state index is 12.9. The molecule has 1 saturated heterocycles. The van der Waals surface area contributed by atoms with Crippen molar-refractivity contribution in [2.75, 3.05) is 33.0 Å². The standard InChI is InChI=1S/C20H22N2O5/c1-12-13(2)27-14(3)18(12)20(24)22-8-6-21(7-9-22)19(23)15-4-5-16-17(10-15)26-11-25-16/h4-5,10H,6-9,11H2,1-3H3. The van der Waals surface area contributed by atoms with Gasteiger partial charge in [0.2, 0.25) is 6.79 Å². The lowest BCUT2D eigenvalue weighted by molar-refractivity contribution is 0.0534. The molecule has 2 aliphatic heterocycles. The molecular weight excluding hydrogens is 348 g/mol. The van der Waals surface area contributed by atoms with E-state index in [0.717, 1.165) is 11.3 Å². The molecule has 7 nitrogen and oxygen atoms in total. The van der Waals surface area contributed by atoms with Gasteiger partial charge in [-0.15, -0.1) is 0 Å². The summed E-state index contributed by atoms with van der Waals surface area (Å²) < 4.78 is 16.2. The zero-order chi connectivity index (χ0) is 19.1. The highest BCUT2D eigenvalue weighted by Gasteiger charge is 2.29. The van der Waals surface area contributed by atoms with E-state index in [1.165, 1.54) is 0 Å². The number of hydrogen-bond acceptors (Lipinski definition) is 5. The molecule has 0 spiro atoms. The third kappa shape index (κ3) is 3.03. The molecule has 0 atom stereocenters. The molecule has 0 saturated carbocycles. The number of carbonyl (C=O) groups excluding carboxylic acids is 2. The minimum absolute atomic E-state index is 0.0305. The number of hydrogen-bond donors (Lipinski definition) is 0. The Kier molecular flexibility index (Phi) is 4.30. The van der Waals surface area contributed by atoms with Crippen LogP contribution in [-0.2, 0) is 0 Å². The highest BCUT2D eigenvalue weighted by Crippen LogP contribution is 2.33. The van der Waals surface area contributed by atoms with Crippen LogP contribution in [0.5, 0.6) is 11.5 Å². The molecular formula is C20H22N2O5. The summed E-state index contributed by atoms with van der Waals surface area (Å²) in [6, 6.07) is 5.21. The summed E-state index contributed by atoms with van der Waals surface area (Å²) in [5.41, 5.74) is 2.09. The summed E-state index contributed by atoms with van der Waals surface area (Å²) in [5, 5.41) is 0. The SMILES string of the molecule is Cc1oc(C)c(C(=O)N2CCN(C(=O)c3ccc4c(c3)OCO4)CC2)c1C. The van der Waals surface area contributed by atoms with E-state index in [4.69, 9.17) is 13.9 Å². The highest BCUT2D eigenvalue weighted by molar-refractivity contribution is 5.98. The Morgan fingerprint density at radius 1 is 0.852 bits per heavy atom. The monoisotopic (exact) mass is 370 g/mol. The molecule has 2 amide bonds. The smallest absolute Gasteiger partial charge is 0.257 e. The molecule has 1 aromatic carbocycles. The van der Waals surface area contributed by atoms with E-state index in [9.17, 15) is 9.59 Å². The van der Waals surface area contributed by atoms with E-state index < -0.39 is 0 Å². The second-order valence-electron chi connectivity index (χ2n) is 6.87. The first-order valence-electron chi connectivity index (χ1n) is 9.00. The van der Waals surface area contributed by atoms with Crippen LogP contribution in [0, 0.1) is 20.8 Å². The second kappa shape index (κ2) is 6.64. The van der Waals surface area contributed by atoms with Gasteiger partial charge in [0.25, 0.3) is 11.8 Å². The second-order valence-corrected chi connectivity index (χ2v) is 6.87. The normalized spacial score (nSPS) is 16.0. The summed E-state index contributed by atoms with van der Waals surface area (Å²) in [6.07, 6.45) is 0. The van der Waals surface area contributed by atoms with Gasteiger partial charge < -0.3 is 23.7 Å². The van der Waals surface area contributed by atoms with Gasteiger partial charge in [0.05, 0.1) is 5.56 Å². The number of carbonyl (C=O) groups is 2. The maximum absolute atomic E-state index is 12.9. The van der Waals surface area contributed by atoms with Gasteiger partial charge in [-0.05, 0) is 39.0 Å². The molecule has 3 heterocycles. The summed E-state index contributed by atoms with van der Waals surface area (Å²) in [7, 11) is 0. The van der Waals surface area contributed by atoms with E-state index in [-0.39, 0.29) is 18.6 Å². The Labute approximate surface area is 157 Å². The molecule has 4 rings (SSSR count). The van der Waals surface area contributed by atoms with Gasteiger partial charge in [-0.2, -0.15) is 0 Å². The molecule has 1 fully saturated rings. The lowest BCUT2D eigenvalue weighted by Crippen LogP contribution is -2.50. The summed E-state index contributed by atoms with van der Waals surface area (Å²) >= 11 is 0. The van der Waals surface area contributed by atoms with Gasteiger partial charge >= 0.3 is 0 Å². The molecule has 7 heteroatoms. The highest BCUT2D eigenvalue weighted by atomic mass is 16.7. The minimum Gasteiger partial charge on any atom is -0.466 e. The number of fused-ring (bicyclic) bond motifs is 1. The van der Waals surface area contributed by atoms with E-state index >= 15 is 0 Å². The number of amides is 2. The molecule has 0 aliphatic carbocycles. The first-order valence-corrected chi connectivity index (χ1v) is 9.00. The van der Waals surface area contributed by atoms with Crippen molar-refractivity contribution >= 4 is 11.8 Å². The van der Waals surface area contributed by atoms with E-state index in [0.29, 0.717) is 54.6 Å². The van der Waals surface area contributed by atoms with Crippen molar-refractivity contribution in [1.82, 2.24) is 9.80 Å². The van der Waals surface area contributed by atoms with Crippen LogP contribution in [0.3, 0.4) is 0 Å². The van der Waals surface area contributed by atoms with Crippen molar-refractivity contribution in [3.05, 3.63) is 46.4 Å². The topological polar surface area (TPSA) is 72.2 Å². The lowest BCUT2D eigenvalue weighted by atomic mass is 10.1. The molecule has 2 aliphatic rings. The van der Waals surface area contributed by atoms with Crippen LogP contribution in [0.25, 0.3) is 0 Å². The van der Waals surface area contributed by atoms with Crippen LogP contribution in [0.15, 0.2) is 22.6 Å². The van der Waals surface area contributed by atoms with Crippen molar-refractivity contribution in [2.45, 2.75) is 20.8 Å². The fourth-order valence-corrected chi connectivity index (χ4v) is 3.59. The summed E-state index contributed by atoms with van der Waals surface area (Å²) in [6.45, 7) is 7.74. The first-order chi connectivity index (χ1) is 13.0. The first kappa shape index (κ1) is 17.5. The van der Waals surface area contributed by atoms with Gasteiger partial charge in [0.1, 0.15) is 11.5 Å². The molecule has 0 bridgehead atoms. The number of furan rings is 1. The van der Waals surface area contributed by atoms with E-state index in [2.05, 4.69) is 0 Å². The average Bonchev–Trinajstić information content (AvgIpc) is 3.24. The fraction of sp³-hybridized carbons (Fsp3) is 0.400. The van der Waals surface area contributed by atoms with E-state index in [1.807, 2.05) is 20.8 Å². The van der Waals surface area contributed by atoms with Crippen LogP contribution in [-0.4, -0.2) is 54.6 Å². The van der Waals surface area contributed by atoms with Crippen LogP contribution in [0.4, 0.5) is 0 Å². The lowest BCUT2D eigenvalue weighted by Gasteiger charge is -2.35. The molecule has 2 aromatic rings. The third-order valence-electron chi connectivity index (χ3n) is 5.25. The zero-order valence-corrected chi connectivity index (χ0v) is 15.7. The molecule has 27 heavy (non-hydrogen) atoms. The zero-order valence-electron chi connectivity index (χ0n) is 15.7. The van der Waals surface area contributed by atoms with Crippen molar-refractivity contribution in [3.63, 3.8) is 0 Å². The van der Waals surface area contributed by atoms with Crippen LogP contribution in [0.1, 0.15) is 37.8 Å². The maximum Gasteiger partial charge on any atom is 0.257 e. The van der Waals surface area contributed by atoms with Gasteiger partial charge in [0, 0.05) is 37.3 Å². The quantitative estimate of drug-likeness (QED) is 0.812. The average molecular weight is 370 g/mol.